The average molecular weight is 484 g/mol. The Morgan fingerprint density at radius 1 is 1.32 bits per heavy atom. The summed E-state index contributed by atoms with van der Waals surface area (Å²) < 4.78 is 49.2. The Balaban J connectivity index is 1.64. The fraction of sp³-hybridized carbons (Fsp3) is 0.400. The fourth-order valence-electron chi connectivity index (χ4n) is 3.65. The van der Waals surface area contributed by atoms with Gasteiger partial charge in [-0.25, -0.2) is 12.8 Å². The summed E-state index contributed by atoms with van der Waals surface area (Å²) in [5.74, 6) is -1.30. The lowest BCUT2D eigenvalue weighted by Gasteiger charge is -2.29. The predicted molar refractivity (Wildman–Crippen MR) is 118 cm³/mol. The van der Waals surface area contributed by atoms with E-state index in [0.29, 0.717) is 47.6 Å². The standard InChI is InChI=1S/C20H22FN3O4S3/c1-28-11-10-24-18-15(21)6-2-7-16(18)30-20(24)22-19(25)14-5-3-9-23(13-14)31(26,27)17-8-4-12-29-17/h2,4,6-8,12,14H,3,5,9-11,13H2,1H3. The Kier molecular flexibility index (Phi) is 6.68. The molecule has 1 aliphatic rings. The van der Waals surface area contributed by atoms with Gasteiger partial charge >= 0.3 is 0 Å². The molecule has 3 aromatic rings. The van der Waals surface area contributed by atoms with Gasteiger partial charge in [0.15, 0.2) is 4.80 Å². The van der Waals surface area contributed by atoms with Crippen molar-refractivity contribution in [2.75, 3.05) is 26.8 Å². The van der Waals surface area contributed by atoms with Gasteiger partial charge in [-0.15, -0.1) is 11.3 Å². The number of thiazole rings is 1. The van der Waals surface area contributed by atoms with Gasteiger partial charge in [0.05, 0.1) is 22.7 Å². The number of nitrogens with zero attached hydrogens (tertiary/aromatic N) is 3. The van der Waals surface area contributed by atoms with E-state index in [1.165, 1.54) is 21.7 Å². The average Bonchev–Trinajstić information content (AvgIpc) is 3.42. The minimum atomic E-state index is -3.62. The first-order valence-corrected chi connectivity index (χ1v) is 12.9. The van der Waals surface area contributed by atoms with Crippen molar-refractivity contribution in [2.45, 2.75) is 23.6 Å². The van der Waals surface area contributed by atoms with Gasteiger partial charge in [0.2, 0.25) is 0 Å². The quantitative estimate of drug-likeness (QED) is 0.540. The highest BCUT2D eigenvalue weighted by atomic mass is 32.2. The molecule has 3 heterocycles. The first-order chi connectivity index (χ1) is 14.9. The Hall–Kier alpha value is -1.92. The van der Waals surface area contributed by atoms with E-state index < -0.39 is 15.9 Å². The summed E-state index contributed by atoms with van der Waals surface area (Å²) in [6, 6.07) is 8.04. The van der Waals surface area contributed by atoms with Crippen LogP contribution in [-0.4, -0.2) is 50.0 Å². The molecule has 0 radical (unpaired) electrons. The number of fused-ring (bicyclic) bond motifs is 1. The molecule has 1 atom stereocenters. The lowest BCUT2D eigenvalue weighted by atomic mass is 9.99. The lowest BCUT2D eigenvalue weighted by molar-refractivity contribution is -0.122. The van der Waals surface area contributed by atoms with Crippen LogP contribution in [0.25, 0.3) is 10.2 Å². The summed E-state index contributed by atoms with van der Waals surface area (Å²) in [6.45, 7) is 1.18. The SMILES string of the molecule is COCCn1c(=NC(=O)C2CCCN(S(=O)(=O)c3cccs3)C2)sc2cccc(F)c21. The molecule has 1 aromatic carbocycles. The number of ether oxygens (including phenoxy) is 1. The smallest absolute Gasteiger partial charge is 0.252 e. The van der Waals surface area contributed by atoms with E-state index in [9.17, 15) is 17.6 Å². The Morgan fingerprint density at radius 2 is 2.16 bits per heavy atom. The van der Waals surface area contributed by atoms with Crippen LogP contribution in [0.4, 0.5) is 4.39 Å². The molecule has 0 saturated carbocycles. The third kappa shape index (κ3) is 4.51. The van der Waals surface area contributed by atoms with Crippen LogP contribution in [0, 0.1) is 11.7 Å². The normalized spacial score (nSPS) is 18.6. The molecule has 0 aliphatic carbocycles. The minimum Gasteiger partial charge on any atom is -0.383 e. The second-order valence-corrected chi connectivity index (χ2v) is 11.3. The molecule has 7 nitrogen and oxygen atoms in total. The molecule has 1 amide bonds. The zero-order valence-corrected chi connectivity index (χ0v) is 19.3. The Bertz CT molecular complexity index is 1250. The van der Waals surface area contributed by atoms with Crippen molar-refractivity contribution >= 4 is 48.8 Å². The molecule has 0 spiro atoms. The van der Waals surface area contributed by atoms with E-state index >= 15 is 0 Å². The summed E-state index contributed by atoms with van der Waals surface area (Å²) in [7, 11) is -2.06. The number of rotatable bonds is 6. The zero-order chi connectivity index (χ0) is 22.0. The van der Waals surface area contributed by atoms with E-state index in [2.05, 4.69) is 4.99 Å². The number of methoxy groups -OCH3 is 1. The summed E-state index contributed by atoms with van der Waals surface area (Å²) in [5, 5.41) is 1.72. The van der Waals surface area contributed by atoms with E-state index in [1.54, 1.807) is 41.3 Å². The van der Waals surface area contributed by atoms with Gasteiger partial charge in [-0.05, 0) is 36.4 Å². The Morgan fingerprint density at radius 3 is 2.90 bits per heavy atom. The maximum Gasteiger partial charge on any atom is 0.252 e. The Labute approximate surface area is 187 Å². The van der Waals surface area contributed by atoms with Gasteiger partial charge in [0, 0.05) is 26.7 Å². The van der Waals surface area contributed by atoms with Crippen LogP contribution in [0.1, 0.15) is 12.8 Å². The molecule has 1 aliphatic heterocycles. The number of benzene rings is 1. The molecule has 2 aromatic heterocycles. The van der Waals surface area contributed by atoms with Crippen LogP contribution in [0.3, 0.4) is 0 Å². The van der Waals surface area contributed by atoms with Gasteiger partial charge in [0.25, 0.3) is 15.9 Å². The van der Waals surface area contributed by atoms with Gasteiger partial charge < -0.3 is 9.30 Å². The van der Waals surface area contributed by atoms with Crippen LogP contribution in [0.5, 0.6) is 0 Å². The molecule has 4 rings (SSSR count). The maximum absolute atomic E-state index is 14.4. The number of sulfonamides is 1. The molecule has 0 bridgehead atoms. The van der Waals surface area contributed by atoms with Crippen LogP contribution in [0.2, 0.25) is 0 Å². The first-order valence-electron chi connectivity index (χ1n) is 9.81. The molecule has 1 unspecified atom stereocenters. The third-order valence-electron chi connectivity index (χ3n) is 5.20. The second kappa shape index (κ2) is 9.29. The molecular formula is C20H22FN3O4S3. The van der Waals surface area contributed by atoms with Crippen LogP contribution >= 0.6 is 22.7 Å². The van der Waals surface area contributed by atoms with Crippen LogP contribution < -0.4 is 4.80 Å². The summed E-state index contributed by atoms with van der Waals surface area (Å²) in [6.07, 6.45) is 1.15. The fourth-order valence-corrected chi connectivity index (χ4v) is 7.39. The van der Waals surface area contributed by atoms with Crippen LogP contribution in [0.15, 0.2) is 44.9 Å². The van der Waals surface area contributed by atoms with E-state index in [4.69, 9.17) is 4.74 Å². The molecule has 166 valence electrons. The number of para-hydroxylation sites is 1. The number of hydrogen-bond donors (Lipinski definition) is 0. The number of piperidine rings is 1. The number of halogens is 1. The summed E-state index contributed by atoms with van der Waals surface area (Å²) >= 11 is 2.40. The molecule has 31 heavy (non-hydrogen) atoms. The number of amides is 1. The second-order valence-electron chi connectivity index (χ2n) is 7.20. The number of thiophene rings is 1. The lowest BCUT2D eigenvalue weighted by Crippen LogP contribution is -2.42. The van der Waals surface area contributed by atoms with Crippen molar-refractivity contribution in [1.29, 1.82) is 0 Å². The third-order valence-corrected chi connectivity index (χ3v) is 9.48. The van der Waals surface area contributed by atoms with E-state index in [0.717, 1.165) is 11.3 Å². The van der Waals surface area contributed by atoms with Crippen molar-refractivity contribution in [3.63, 3.8) is 0 Å². The highest BCUT2D eigenvalue weighted by molar-refractivity contribution is 7.91. The minimum absolute atomic E-state index is 0.0971. The molecule has 1 fully saturated rings. The monoisotopic (exact) mass is 483 g/mol. The van der Waals surface area contributed by atoms with E-state index in [-0.39, 0.29) is 22.5 Å². The topological polar surface area (TPSA) is 81.0 Å². The van der Waals surface area contributed by atoms with Crippen LogP contribution in [-0.2, 0) is 26.1 Å². The van der Waals surface area contributed by atoms with Crippen molar-refractivity contribution in [1.82, 2.24) is 8.87 Å². The van der Waals surface area contributed by atoms with Crippen molar-refractivity contribution in [3.05, 3.63) is 46.3 Å². The van der Waals surface area contributed by atoms with Gasteiger partial charge in [-0.3, -0.25) is 4.79 Å². The number of carbonyl (C=O) groups excluding carboxylic acids is 1. The first kappa shape index (κ1) is 22.3. The van der Waals surface area contributed by atoms with Crippen molar-refractivity contribution in [3.8, 4) is 0 Å². The summed E-state index contributed by atoms with van der Waals surface area (Å²) in [4.78, 5) is 17.7. The van der Waals surface area contributed by atoms with Crippen molar-refractivity contribution in [2.24, 2.45) is 10.9 Å². The maximum atomic E-state index is 14.4. The predicted octanol–water partition coefficient (Wildman–Crippen LogP) is 3.08. The van der Waals surface area contributed by atoms with Gasteiger partial charge in [-0.2, -0.15) is 9.30 Å². The number of aromatic nitrogens is 1. The highest BCUT2D eigenvalue weighted by Gasteiger charge is 2.33. The van der Waals surface area contributed by atoms with Gasteiger partial charge in [0.1, 0.15) is 10.0 Å². The highest BCUT2D eigenvalue weighted by Crippen LogP contribution is 2.27. The van der Waals surface area contributed by atoms with Gasteiger partial charge in [-0.1, -0.05) is 23.5 Å². The number of hydrogen-bond acceptors (Lipinski definition) is 6. The molecule has 11 heteroatoms. The molecule has 1 saturated heterocycles. The van der Waals surface area contributed by atoms with E-state index in [1.807, 2.05) is 0 Å². The molecular weight excluding hydrogens is 461 g/mol. The molecule has 0 N–H and O–H groups in total. The zero-order valence-electron chi connectivity index (χ0n) is 16.9. The number of carbonyl (C=O) groups is 1. The largest absolute Gasteiger partial charge is 0.383 e. The summed E-state index contributed by atoms with van der Waals surface area (Å²) in [5.41, 5.74) is 0.390. The van der Waals surface area contributed by atoms with Crippen molar-refractivity contribution < 1.29 is 22.3 Å².